The minimum absolute atomic E-state index is 0.250. The molecule has 4 aromatic carbocycles. The Kier molecular flexibility index (Phi) is 7.81. The highest BCUT2D eigenvalue weighted by Crippen LogP contribution is 2.55. The summed E-state index contributed by atoms with van der Waals surface area (Å²) < 4.78 is 12.5. The molecule has 9 heteroatoms. The second kappa shape index (κ2) is 12.3. The number of aliphatic hydroxyl groups is 1. The van der Waals surface area contributed by atoms with Crippen LogP contribution in [0.1, 0.15) is 18.5 Å². The van der Waals surface area contributed by atoms with Gasteiger partial charge < -0.3 is 29.3 Å². The number of rotatable bonds is 7. The molecular weight excluding hydrogens is 618 g/mol. The maximum Gasteiger partial charge on any atom is 0.253 e. The fourth-order valence-corrected chi connectivity index (χ4v) is 8.14. The van der Waals surface area contributed by atoms with Gasteiger partial charge in [-0.05, 0) is 59.7 Å². The quantitative estimate of drug-likeness (QED) is 0.280. The third-order valence-electron chi connectivity index (χ3n) is 10.3. The standard InChI is InChI=1S/C40H37N3O6/c1-2-48-31-19-17-29(18-20-31)41-22-8-14-33-34(37(41)45)35-38(46)43(32(25-44)27-11-4-3-5-12-27)36-39(47)42(23-9-21-40(35,36)49-33)30-16-15-26-10-6-7-13-28(26)24-30/h3-21,24,32-36,44H,2,22-23,25H2,1H3/t32-,33+,34-,35+,36?,40+/m1/s1. The van der Waals surface area contributed by atoms with Gasteiger partial charge in [-0.2, -0.15) is 0 Å². The van der Waals surface area contributed by atoms with Crippen molar-refractivity contribution in [3.05, 3.63) is 127 Å². The van der Waals surface area contributed by atoms with Crippen molar-refractivity contribution >= 4 is 39.9 Å². The van der Waals surface area contributed by atoms with E-state index in [1.807, 2.05) is 128 Å². The van der Waals surface area contributed by atoms with Crippen molar-refractivity contribution in [1.82, 2.24) is 4.90 Å². The van der Waals surface area contributed by atoms with Crippen molar-refractivity contribution < 1.29 is 29.0 Å². The van der Waals surface area contributed by atoms with Gasteiger partial charge in [0.1, 0.15) is 17.4 Å². The molecule has 49 heavy (non-hydrogen) atoms. The minimum atomic E-state index is -1.45. The highest BCUT2D eigenvalue weighted by Gasteiger charge is 2.72. The van der Waals surface area contributed by atoms with Crippen LogP contribution in [0.2, 0.25) is 0 Å². The number of benzene rings is 4. The summed E-state index contributed by atoms with van der Waals surface area (Å²) in [5.74, 6) is -2.19. The number of hydrogen-bond donors (Lipinski definition) is 1. The van der Waals surface area contributed by atoms with Crippen molar-refractivity contribution in [2.75, 3.05) is 36.1 Å². The second-order valence-electron chi connectivity index (χ2n) is 12.9. The molecule has 8 rings (SSSR count). The molecule has 2 fully saturated rings. The number of amides is 3. The largest absolute Gasteiger partial charge is 0.494 e. The Bertz CT molecular complexity index is 1980. The van der Waals surface area contributed by atoms with Crippen LogP contribution in [-0.2, 0) is 19.1 Å². The Morgan fingerprint density at radius 3 is 2.27 bits per heavy atom. The number of ether oxygens (including phenoxy) is 2. The van der Waals surface area contributed by atoms with Crippen LogP contribution in [0.15, 0.2) is 121 Å². The number of nitrogens with zero attached hydrogens (tertiary/aromatic N) is 3. The molecule has 9 nitrogen and oxygen atoms in total. The Balaban J connectivity index is 1.23. The highest BCUT2D eigenvalue weighted by atomic mass is 16.5. The maximum atomic E-state index is 15.0. The van der Waals surface area contributed by atoms with Crippen LogP contribution >= 0.6 is 0 Å². The molecule has 0 bridgehead atoms. The molecule has 4 aliphatic rings. The minimum Gasteiger partial charge on any atom is -0.494 e. The van der Waals surface area contributed by atoms with Gasteiger partial charge in [-0.3, -0.25) is 14.4 Å². The predicted molar refractivity (Wildman–Crippen MR) is 186 cm³/mol. The molecule has 248 valence electrons. The number of carbonyl (C=O) groups is 3. The second-order valence-corrected chi connectivity index (χ2v) is 12.9. The highest BCUT2D eigenvalue weighted by molar-refractivity contribution is 6.08. The summed E-state index contributed by atoms with van der Waals surface area (Å²) in [6, 6.07) is 28.4. The van der Waals surface area contributed by atoms with Crippen molar-refractivity contribution in [2.24, 2.45) is 11.8 Å². The van der Waals surface area contributed by atoms with E-state index in [-0.39, 0.29) is 18.4 Å². The zero-order valence-electron chi connectivity index (χ0n) is 27.1. The SMILES string of the molecule is CCOc1ccc(N2CC=C[C@@H]3O[C@]45C=CCN(c6ccc7ccccc7c6)C(=O)C4N([C@H](CO)c4ccccc4)C(=O)[C@@H]5[C@@H]3C2=O)cc1. The van der Waals surface area contributed by atoms with Crippen LogP contribution in [0.4, 0.5) is 11.4 Å². The van der Waals surface area contributed by atoms with Gasteiger partial charge in [0, 0.05) is 24.5 Å². The van der Waals surface area contributed by atoms with Crippen LogP contribution in [0, 0.1) is 11.8 Å². The zero-order chi connectivity index (χ0) is 33.7. The molecule has 1 N–H and O–H groups in total. The van der Waals surface area contributed by atoms with Gasteiger partial charge >= 0.3 is 0 Å². The lowest BCUT2D eigenvalue weighted by Gasteiger charge is -2.38. The third-order valence-corrected chi connectivity index (χ3v) is 10.3. The van der Waals surface area contributed by atoms with Gasteiger partial charge in [0.2, 0.25) is 11.8 Å². The number of hydrogen-bond acceptors (Lipinski definition) is 6. The summed E-state index contributed by atoms with van der Waals surface area (Å²) in [5.41, 5.74) is 0.600. The van der Waals surface area contributed by atoms with Crippen molar-refractivity contribution in [2.45, 2.75) is 30.7 Å². The van der Waals surface area contributed by atoms with Crippen LogP contribution in [-0.4, -0.2) is 71.8 Å². The fourth-order valence-electron chi connectivity index (χ4n) is 8.14. The van der Waals surface area contributed by atoms with Crippen LogP contribution in [0.5, 0.6) is 5.75 Å². The van der Waals surface area contributed by atoms with Gasteiger partial charge in [-0.15, -0.1) is 0 Å². The molecule has 0 radical (unpaired) electrons. The lowest BCUT2D eigenvalue weighted by molar-refractivity contribution is -0.144. The molecule has 1 spiro atoms. The molecule has 4 heterocycles. The Labute approximate surface area is 284 Å². The molecular formula is C40H37N3O6. The first-order valence-corrected chi connectivity index (χ1v) is 16.8. The monoisotopic (exact) mass is 655 g/mol. The van der Waals surface area contributed by atoms with Crippen LogP contribution in [0.3, 0.4) is 0 Å². The van der Waals surface area contributed by atoms with Gasteiger partial charge in [0.15, 0.2) is 0 Å². The first kappa shape index (κ1) is 31.0. The molecule has 2 saturated heterocycles. The van der Waals surface area contributed by atoms with Gasteiger partial charge in [0.25, 0.3) is 5.91 Å². The molecule has 0 aromatic heterocycles. The first-order valence-electron chi connectivity index (χ1n) is 16.8. The molecule has 3 amide bonds. The fraction of sp³-hybridized carbons (Fsp3) is 0.275. The topological polar surface area (TPSA) is 99.6 Å². The van der Waals surface area contributed by atoms with E-state index in [9.17, 15) is 14.7 Å². The Morgan fingerprint density at radius 2 is 1.51 bits per heavy atom. The normalized spacial score (nSPS) is 26.7. The molecule has 1 unspecified atom stereocenters. The van der Waals surface area contributed by atoms with E-state index >= 15 is 4.79 Å². The number of likely N-dealkylation sites (tertiary alicyclic amines) is 1. The van der Waals surface area contributed by atoms with E-state index < -0.39 is 48.1 Å². The van der Waals surface area contributed by atoms with E-state index in [0.29, 0.717) is 35.8 Å². The van der Waals surface area contributed by atoms with E-state index in [1.54, 1.807) is 9.80 Å². The van der Waals surface area contributed by atoms with Crippen molar-refractivity contribution in [1.29, 1.82) is 0 Å². The van der Waals surface area contributed by atoms with E-state index in [1.165, 1.54) is 4.90 Å². The van der Waals surface area contributed by atoms with Crippen LogP contribution in [0.25, 0.3) is 10.8 Å². The average Bonchev–Trinajstić information content (AvgIpc) is 3.44. The average molecular weight is 656 g/mol. The van der Waals surface area contributed by atoms with Gasteiger partial charge in [-0.1, -0.05) is 85.0 Å². The van der Waals surface area contributed by atoms with Crippen LogP contribution < -0.4 is 14.5 Å². The predicted octanol–water partition coefficient (Wildman–Crippen LogP) is 5.06. The summed E-state index contributed by atoms with van der Waals surface area (Å²) in [7, 11) is 0. The van der Waals surface area contributed by atoms with Gasteiger partial charge in [-0.25, -0.2) is 0 Å². The van der Waals surface area contributed by atoms with Crippen molar-refractivity contribution in [3.8, 4) is 5.75 Å². The number of carbonyl (C=O) groups excluding carboxylic acids is 3. The van der Waals surface area contributed by atoms with Crippen molar-refractivity contribution in [3.63, 3.8) is 0 Å². The molecule has 0 aliphatic carbocycles. The maximum absolute atomic E-state index is 15.0. The first-order chi connectivity index (χ1) is 23.9. The summed E-state index contributed by atoms with van der Waals surface area (Å²) in [6.07, 6.45) is 6.71. The number of aliphatic hydroxyl groups excluding tert-OH is 1. The zero-order valence-corrected chi connectivity index (χ0v) is 27.1. The summed E-state index contributed by atoms with van der Waals surface area (Å²) in [4.78, 5) is 49.5. The van der Waals surface area contributed by atoms with Gasteiger partial charge in [0.05, 0.1) is 37.2 Å². The Hall–Kier alpha value is -5.25. The molecule has 4 aliphatic heterocycles. The summed E-state index contributed by atoms with van der Waals surface area (Å²) >= 11 is 0. The van der Waals surface area contributed by atoms with E-state index in [2.05, 4.69) is 0 Å². The third kappa shape index (κ3) is 4.95. The lowest BCUT2D eigenvalue weighted by atomic mass is 9.77. The lowest BCUT2D eigenvalue weighted by Crippen LogP contribution is -2.56. The molecule has 0 saturated carbocycles. The summed E-state index contributed by atoms with van der Waals surface area (Å²) in [5, 5.41) is 12.9. The van der Waals surface area contributed by atoms with E-state index in [4.69, 9.17) is 9.47 Å². The van der Waals surface area contributed by atoms with E-state index in [0.717, 1.165) is 10.8 Å². The Morgan fingerprint density at radius 1 is 0.816 bits per heavy atom. The number of anilines is 2. The number of fused-ring (bicyclic) bond motifs is 3. The summed E-state index contributed by atoms with van der Waals surface area (Å²) in [6.45, 7) is 2.58. The molecule has 6 atom stereocenters. The molecule has 4 aromatic rings. The smallest absolute Gasteiger partial charge is 0.253 e.